The van der Waals surface area contributed by atoms with Crippen LogP contribution in [0.15, 0.2) is 24.7 Å². The zero-order chi connectivity index (χ0) is 20.9. The van der Waals surface area contributed by atoms with E-state index in [-0.39, 0.29) is 23.2 Å². The van der Waals surface area contributed by atoms with Gasteiger partial charge in [-0.3, -0.25) is 4.79 Å². The highest BCUT2D eigenvalue weighted by Crippen LogP contribution is 2.44. The maximum absolute atomic E-state index is 14.5. The number of carbonyl (C=O) groups is 1. The maximum Gasteiger partial charge on any atom is 0.222 e. The van der Waals surface area contributed by atoms with Crippen molar-refractivity contribution in [3.05, 3.63) is 36.3 Å². The summed E-state index contributed by atoms with van der Waals surface area (Å²) in [5.41, 5.74) is 1.02. The first-order chi connectivity index (χ1) is 14.4. The molecule has 2 aliphatic rings. The molecule has 7 nitrogen and oxygen atoms in total. The van der Waals surface area contributed by atoms with Crippen LogP contribution >= 0.6 is 0 Å². The summed E-state index contributed by atoms with van der Waals surface area (Å²) in [6.45, 7) is 0.745. The topological polar surface area (TPSA) is 86.8 Å². The van der Waals surface area contributed by atoms with Gasteiger partial charge in [-0.25, -0.2) is 23.7 Å². The molecule has 0 radical (unpaired) electrons. The minimum Gasteiger partial charge on any atom is -0.365 e. The zero-order valence-electron chi connectivity index (χ0n) is 16.6. The molecule has 3 aromatic rings. The first kappa shape index (κ1) is 18.9. The van der Waals surface area contributed by atoms with Crippen LogP contribution in [0.5, 0.6) is 0 Å². The number of H-pyrrole nitrogens is 1. The molecule has 1 aliphatic heterocycles. The molecule has 1 saturated heterocycles. The van der Waals surface area contributed by atoms with Gasteiger partial charge in [-0.05, 0) is 30.7 Å². The van der Waals surface area contributed by atoms with E-state index in [1.54, 1.807) is 11.1 Å². The Morgan fingerprint density at radius 2 is 2.17 bits per heavy atom. The molecule has 0 bridgehead atoms. The number of hydrogen-bond acceptors (Lipinski definition) is 5. The second-order valence-corrected chi connectivity index (χ2v) is 8.51. The highest BCUT2D eigenvalue weighted by atomic mass is 19.1. The van der Waals surface area contributed by atoms with Crippen LogP contribution in [-0.4, -0.2) is 50.4 Å². The fraction of sp³-hybridized carbons (Fsp3) is 0.429. The molecule has 2 fully saturated rings. The number of amides is 1. The SMILES string of the molecule is CN1C[C@]2(CCC[C@H](Nc3nc(-c4c[nH]c5ncc(F)cc45)ncc3F)C2)CC1=O. The van der Waals surface area contributed by atoms with E-state index in [4.69, 9.17) is 0 Å². The Kier molecular flexibility index (Phi) is 4.41. The molecule has 0 unspecified atom stereocenters. The van der Waals surface area contributed by atoms with Crippen molar-refractivity contribution in [2.75, 3.05) is 18.9 Å². The lowest BCUT2D eigenvalue weighted by atomic mass is 9.71. The summed E-state index contributed by atoms with van der Waals surface area (Å²) in [4.78, 5) is 29.3. The van der Waals surface area contributed by atoms with Crippen molar-refractivity contribution in [3.8, 4) is 11.4 Å². The van der Waals surface area contributed by atoms with Gasteiger partial charge in [0, 0.05) is 43.2 Å². The Morgan fingerprint density at radius 3 is 2.97 bits per heavy atom. The van der Waals surface area contributed by atoms with Gasteiger partial charge < -0.3 is 15.2 Å². The molecule has 1 spiro atoms. The smallest absolute Gasteiger partial charge is 0.222 e. The van der Waals surface area contributed by atoms with Crippen molar-refractivity contribution in [3.63, 3.8) is 0 Å². The second kappa shape index (κ2) is 7.00. The van der Waals surface area contributed by atoms with Gasteiger partial charge in [0.25, 0.3) is 0 Å². The number of likely N-dealkylation sites (tertiary alicyclic amines) is 1. The average molecular weight is 412 g/mol. The summed E-state index contributed by atoms with van der Waals surface area (Å²) in [5.74, 6) is -0.418. The van der Waals surface area contributed by atoms with Crippen LogP contribution in [0.1, 0.15) is 32.1 Å². The molecule has 1 saturated carbocycles. The summed E-state index contributed by atoms with van der Waals surface area (Å²) in [5, 5.41) is 3.77. The number of rotatable bonds is 3. The predicted octanol–water partition coefficient (Wildman–Crippen LogP) is 3.50. The van der Waals surface area contributed by atoms with Crippen molar-refractivity contribution >= 4 is 22.8 Å². The molecule has 30 heavy (non-hydrogen) atoms. The molecule has 1 aliphatic carbocycles. The molecular formula is C21H22F2N6O. The third kappa shape index (κ3) is 3.28. The monoisotopic (exact) mass is 412 g/mol. The van der Waals surface area contributed by atoms with Crippen molar-refractivity contribution < 1.29 is 13.6 Å². The Bertz CT molecular complexity index is 1130. The molecule has 0 aromatic carbocycles. The van der Waals surface area contributed by atoms with Crippen molar-refractivity contribution in [2.24, 2.45) is 5.41 Å². The normalized spacial score (nSPS) is 24.2. The third-order valence-corrected chi connectivity index (χ3v) is 6.29. The Balaban J connectivity index is 1.41. The van der Waals surface area contributed by atoms with Crippen LogP contribution < -0.4 is 5.32 Å². The predicted molar refractivity (Wildman–Crippen MR) is 108 cm³/mol. The molecule has 3 aromatic heterocycles. The molecule has 1 amide bonds. The quantitative estimate of drug-likeness (QED) is 0.688. The van der Waals surface area contributed by atoms with E-state index in [0.717, 1.165) is 44.6 Å². The average Bonchev–Trinajstić information content (AvgIpc) is 3.24. The van der Waals surface area contributed by atoms with E-state index < -0.39 is 11.6 Å². The molecule has 9 heteroatoms. The third-order valence-electron chi connectivity index (χ3n) is 6.29. The molecule has 5 rings (SSSR count). The molecule has 4 heterocycles. The highest BCUT2D eigenvalue weighted by molar-refractivity contribution is 5.91. The van der Waals surface area contributed by atoms with Crippen LogP contribution in [0.2, 0.25) is 0 Å². The number of fused-ring (bicyclic) bond motifs is 1. The van der Waals surface area contributed by atoms with Crippen LogP contribution in [0, 0.1) is 17.0 Å². The molecular weight excluding hydrogens is 390 g/mol. The largest absolute Gasteiger partial charge is 0.365 e. The Morgan fingerprint density at radius 1 is 1.30 bits per heavy atom. The van der Waals surface area contributed by atoms with E-state index in [1.807, 2.05) is 7.05 Å². The van der Waals surface area contributed by atoms with Crippen LogP contribution in [0.4, 0.5) is 14.6 Å². The number of hydrogen-bond donors (Lipinski definition) is 2. The van der Waals surface area contributed by atoms with Crippen molar-refractivity contribution in [1.82, 2.24) is 24.8 Å². The number of halogens is 2. The molecule has 2 N–H and O–H groups in total. The number of aromatic nitrogens is 4. The van der Waals surface area contributed by atoms with E-state index >= 15 is 0 Å². The first-order valence-electron chi connectivity index (χ1n) is 10.1. The van der Waals surface area contributed by atoms with Crippen LogP contribution in [0.25, 0.3) is 22.4 Å². The van der Waals surface area contributed by atoms with Gasteiger partial charge in [0.15, 0.2) is 17.5 Å². The van der Waals surface area contributed by atoms with Crippen molar-refractivity contribution in [2.45, 2.75) is 38.1 Å². The van der Waals surface area contributed by atoms with E-state index in [1.165, 1.54) is 6.07 Å². The second-order valence-electron chi connectivity index (χ2n) is 8.51. The van der Waals surface area contributed by atoms with Gasteiger partial charge in [0.05, 0.1) is 12.4 Å². The minimum atomic E-state index is -0.540. The van der Waals surface area contributed by atoms with E-state index in [9.17, 15) is 13.6 Å². The summed E-state index contributed by atoms with van der Waals surface area (Å²) < 4.78 is 28.2. The van der Waals surface area contributed by atoms with Gasteiger partial charge in [-0.15, -0.1) is 0 Å². The van der Waals surface area contributed by atoms with Crippen LogP contribution in [-0.2, 0) is 4.79 Å². The van der Waals surface area contributed by atoms with Gasteiger partial charge in [0.2, 0.25) is 5.91 Å². The minimum absolute atomic E-state index is 0.0254. The lowest BCUT2D eigenvalue weighted by Crippen LogP contribution is -2.37. The Hall–Kier alpha value is -3.10. The standard InChI is InChI=1S/C21H22F2N6O/c1-29-11-21(7-17(29)30)4-2-3-13(6-21)27-20-16(23)10-26-19(28-20)15-9-25-18-14(15)5-12(22)8-24-18/h5,8-10,13H,2-4,6-7,11H2,1H3,(H,24,25)(H,26,27,28)/t13-,21-/m0/s1. The lowest BCUT2D eigenvalue weighted by Gasteiger charge is -2.37. The number of carbonyl (C=O) groups excluding carboxylic acids is 1. The molecule has 2 atom stereocenters. The number of pyridine rings is 1. The van der Waals surface area contributed by atoms with Crippen molar-refractivity contribution in [1.29, 1.82) is 0 Å². The van der Waals surface area contributed by atoms with Gasteiger partial charge >= 0.3 is 0 Å². The summed E-state index contributed by atoms with van der Waals surface area (Å²) >= 11 is 0. The number of anilines is 1. The summed E-state index contributed by atoms with van der Waals surface area (Å²) in [7, 11) is 1.84. The summed E-state index contributed by atoms with van der Waals surface area (Å²) in [6.07, 6.45) is 8.12. The number of nitrogens with one attached hydrogen (secondary N) is 2. The number of aromatic amines is 1. The van der Waals surface area contributed by atoms with E-state index in [2.05, 4.69) is 25.3 Å². The zero-order valence-corrected chi connectivity index (χ0v) is 16.6. The van der Waals surface area contributed by atoms with E-state index in [0.29, 0.717) is 28.8 Å². The lowest BCUT2D eigenvalue weighted by molar-refractivity contribution is -0.126. The number of nitrogens with zero attached hydrogens (tertiary/aromatic N) is 4. The summed E-state index contributed by atoms with van der Waals surface area (Å²) in [6, 6.07) is 1.38. The fourth-order valence-corrected chi connectivity index (χ4v) is 4.93. The first-order valence-corrected chi connectivity index (χ1v) is 10.1. The molecule has 156 valence electrons. The Labute approximate surface area is 171 Å². The highest BCUT2D eigenvalue weighted by Gasteiger charge is 2.44. The fourth-order valence-electron chi connectivity index (χ4n) is 4.93. The maximum atomic E-state index is 14.5. The van der Waals surface area contributed by atoms with Gasteiger partial charge in [-0.1, -0.05) is 6.42 Å². The van der Waals surface area contributed by atoms with Gasteiger partial charge in [0.1, 0.15) is 11.5 Å². The van der Waals surface area contributed by atoms with Crippen LogP contribution in [0.3, 0.4) is 0 Å². The van der Waals surface area contributed by atoms with Gasteiger partial charge in [-0.2, -0.15) is 0 Å².